The lowest BCUT2D eigenvalue weighted by atomic mass is 9.96. The second-order valence-corrected chi connectivity index (χ2v) is 5.93. The molecule has 0 aliphatic carbocycles. The lowest BCUT2D eigenvalue weighted by molar-refractivity contribution is -0.115. The molecule has 1 atom stereocenters. The molecule has 1 fully saturated rings. The van der Waals surface area contributed by atoms with Crippen LogP contribution in [0.25, 0.3) is 10.9 Å². The van der Waals surface area contributed by atoms with Gasteiger partial charge in [-0.1, -0.05) is 18.2 Å². The first-order valence-electron chi connectivity index (χ1n) is 7.89. The smallest absolute Gasteiger partial charge is 0.270 e. The highest BCUT2D eigenvalue weighted by Gasteiger charge is 2.31. The van der Waals surface area contributed by atoms with Gasteiger partial charge in [-0.05, 0) is 31.2 Å². The predicted octanol–water partition coefficient (Wildman–Crippen LogP) is 1.97. The molecule has 2 heterocycles. The molecule has 3 rings (SSSR count). The minimum Gasteiger partial charge on any atom is -0.359 e. The van der Waals surface area contributed by atoms with Gasteiger partial charge in [0.15, 0.2) is 0 Å². The fourth-order valence-electron chi connectivity index (χ4n) is 3.45. The van der Waals surface area contributed by atoms with Crippen molar-refractivity contribution in [3.05, 3.63) is 40.2 Å². The first-order chi connectivity index (χ1) is 11.6. The molecule has 1 unspecified atom stereocenters. The number of ketones is 1. The average Bonchev–Trinajstić information content (AvgIpc) is 2.63. The zero-order valence-electron chi connectivity index (χ0n) is 13.5. The number of rotatable bonds is 2. The normalized spacial score (nSPS) is 17.3. The topological polar surface area (TPSA) is 66.1 Å². The number of nitrogens with zero attached hydrogens (tertiary/aromatic N) is 3. The van der Waals surface area contributed by atoms with Gasteiger partial charge in [0.25, 0.3) is 5.56 Å². The van der Waals surface area contributed by atoms with Crippen LogP contribution < -0.4 is 10.5 Å². The van der Waals surface area contributed by atoms with Crippen LogP contribution in [0.5, 0.6) is 0 Å². The number of aryl methyl sites for hydroxylation is 1. The summed E-state index contributed by atoms with van der Waals surface area (Å²) in [4.78, 5) is 26.7. The van der Waals surface area contributed by atoms with Crippen LogP contribution in [0.3, 0.4) is 0 Å². The van der Waals surface area contributed by atoms with Crippen molar-refractivity contribution in [2.45, 2.75) is 25.3 Å². The highest BCUT2D eigenvalue weighted by molar-refractivity contribution is 6.03. The quantitative estimate of drug-likeness (QED) is 0.627. The monoisotopic (exact) mass is 319 g/mol. The number of para-hydroxylation sites is 1. The molecule has 1 aliphatic rings. The molecule has 1 saturated heterocycles. The highest BCUT2D eigenvalue weighted by atomic mass is 16.1. The maximum Gasteiger partial charge on any atom is 0.270 e. The van der Waals surface area contributed by atoms with Crippen LogP contribution in [0.4, 0.5) is 5.69 Å². The van der Waals surface area contributed by atoms with E-state index in [1.807, 2.05) is 35.2 Å². The number of fused-ring (bicyclic) bond motifs is 1. The van der Waals surface area contributed by atoms with Crippen molar-refractivity contribution >= 4 is 22.4 Å². The van der Waals surface area contributed by atoms with Gasteiger partial charge in [0.05, 0.1) is 11.2 Å². The second kappa shape index (κ2) is 6.22. The summed E-state index contributed by atoms with van der Waals surface area (Å²) >= 11 is 0. The predicted molar refractivity (Wildman–Crippen MR) is 92.7 cm³/mol. The molecule has 5 nitrogen and oxygen atoms in total. The Morgan fingerprint density at radius 2 is 2.08 bits per heavy atom. The third-order valence-electron chi connectivity index (χ3n) is 4.62. The van der Waals surface area contributed by atoms with Crippen molar-refractivity contribution in [2.24, 2.45) is 7.05 Å². The van der Waals surface area contributed by atoms with Gasteiger partial charge in [-0.2, -0.15) is 5.26 Å². The summed E-state index contributed by atoms with van der Waals surface area (Å²) in [7, 11) is 1.65. The van der Waals surface area contributed by atoms with Gasteiger partial charge in [0, 0.05) is 19.0 Å². The van der Waals surface area contributed by atoms with E-state index in [1.54, 1.807) is 7.05 Å². The maximum absolute atomic E-state index is 12.6. The Morgan fingerprint density at radius 3 is 2.79 bits per heavy atom. The number of aromatic nitrogens is 1. The number of Topliss-reactive ketones (excluding diaryl/α,β-unsaturated/α-hetero) is 1. The van der Waals surface area contributed by atoms with E-state index in [0.717, 1.165) is 23.7 Å². The summed E-state index contributed by atoms with van der Waals surface area (Å²) in [6, 6.07) is 8.97. The largest absolute Gasteiger partial charge is 0.359 e. The molecule has 0 radical (unpaired) electrons. The van der Waals surface area contributed by atoms with E-state index in [1.165, 1.54) is 4.57 Å². The average molecular weight is 319 g/mol. The number of hydrogen-bond acceptors (Lipinski definition) is 4. The van der Waals surface area contributed by atoms with Gasteiger partial charge in [-0.25, -0.2) is 0 Å². The SMILES string of the molecule is C#CC(=O)C1CCCCN1c1c(C#N)c(=O)n(C)c2ccccc12. The molecule has 0 N–H and O–H groups in total. The molecule has 2 aromatic rings. The second-order valence-electron chi connectivity index (χ2n) is 5.93. The summed E-state index contributed by atoms with van der Waals surface area (Å²) in [5.41, 5.74) is 0.968. The van der Waals surface area contributed by atoms with Gasteiger partial charge in [0.1, 0.15) is 17.7 Å². The Hall–Kier alpha value is -3.05. The molecule has 0 amide bonds. The van der Waals surface area contributed by atoms with Gasteiger partial charge < -0.3 is 9.47 Å². The van der Waals surface area contributed by atoms with Gasteiger partial charge in [-0.15, -0.1) is 6.42 Å². The van der Waals surface area contributed by atoms with Crippen molar-refractivity contribution in [2.75, 3.05) is 11.4 Å². The lowest BCUT2D eigenvalue weighted by Crippen LogP contribution is -2.45. The lowest BCUT2D eigenvalue weighted by Gasteiger charge is -2.36. The van der Waals surface area contributed by atoms with Crippen LogP contribution in [0.15, 0.2) is 29.1 Å². The van der Waals surface area contributed by atoms with E-state index < -0.39 is 6.04 Å². The fraction of sp³-hybridized carbons (Fsp3) is 0.316. The van der Waals surface area contributed by atoms with Gasteiger partial charge in [0.2, 0.25) is 5.78 Å². The van der Waals surface area contributed by atoms with Crippen LogP contribution in [-0.2, 0) is 11.8 Å². The zero-order chi connectivity index (χ0) is 17.3. The standard InChI is InChI=1S/C19H17N3O2/c1-3-17(23)16-10-6-7-11-22(16)18-13-8-4-5-9-15(13)21(2)19(24)14(18)12-20/h1,4-5,8-9,16H,6-7,10-11H2,2H3. The van der Waals surface area contributed by atoms with Gasteiger partial charge >= 0.3 is 0 Å². The molecule has 0 spiro atoms. The molecular formula is C19H17N3O2. The number of hydrogen-bond donors (Lipinski definition) is 0. The Labute approximate surface area is 140 Å². The van der Waals surface area contributed by atoms with E-state index in [9.17, 15) is 14.9 Å². The first kappa shape index (κ1) is 15.8. The van der Waals surface area contributed by atoms with Crippen molar-refractivity contribution in [1.29, 1.82) is 5.26 Å². The van der Waals surface area contributed by atoms with Crippen molar-refractivity contribution < 1.29 is 4.79 Å². The summed E-state index contributed by atoms with van der Waals surface area (Å²) in [6.07, 6.45) is 7.75. The van der Waals surface area contributed by atoms with Crippen LogP contribution in [0.1, 0.15) is 24.8 Å². The highest BCUT2D eigenvalue weighted by Crippen LogP contribution is 2.33. The van der Waals surface area contributed by atoms with Crippen LogP contribution >= 0.6 is 0 Å². The molecule has 1 aromatic heterocycles. The Kier molecular flexibility index (Phi) is 4.10. The van der Waals surface area contributed by atoms with E-state index in [-0.39, 0.29) is 16.9 Å². The molecule has 24 heavy (non-hydrogen) atoms. The van der Waals surface area contributed by atoms with Crippen LogP contribution in [0, 0.1) is 23.7 Å². The third kappa shape index (κ3) is 2.35. The number of pyridine rings is 1. The molecule has 120 valence electrons. The Morgan fingerprint density at radius 1 is 1.33 bits per heavy atom. The zero-order valence-corrected chi connectivity index (χ0v) is 13.5. The van der Waals surface area contributed by atoms with E-state index in [0.29, 0.717) is 18.7 Å². The Balaban J connectivity index is 2.34. The number of carbonyl (C=O) groups excluding carboxylic acids is 1. The number of piperidine rings is 1. The van der Waals surface area contributed by atoms with E-state index >= 15 is 0 Å². The van der Waals surface area contributed by atoms with Crippen molar-refractivity contribution in [3.8, 4) is 18.4 Å². The number of terminal acetylenes is 1. The molecule has 1 aliphatic heterocycles. The van der Waals surface area contributed by atoms with Crippen LogP contribution in [0.2, 0.25) is 0 Å². The summed E-state index contributed by atoms with van der Waals surface area (Å²) in [5.74, 6) is 1.90. The Bertz CT molecular complexity index is 959. The van der Waals surface area contributed by atoms with Gasteiger partial charge in [-0.3, -0.25) is 9.59 Å². The van der Waals surface area contributed by atoms with E-state index in [2.05, 4.69) is 5.92 Å². The molecule has 0 saturated carbocycles. The van der Waals surface area contributed by atoms with Crippen LogP contribution in [-0.4, -0.2) is 22.9 Å². The molecule has 1 aromatic carbocycles. The van der Waals surface area contributed by atoms with Crippen molar-refractivity contribution in [1.82, 2.24) is 4.57 Å². The number of nitriles is 1. The number of carbonyl (C=O) groups is 1. The summed E-state index contributed by atoms with van der Waals surface area (Å²) in [5, 5.41) is 10.4. The van der Waals surface area contributed by atoms with E-state index in [4.69, 9.17) is 6.42 Å². The first-order valence-corrected chi connectivity index (χ1v) is 7.89. The third-order valence-corrected chi connectivity index (χ3v) is 4.62. The minimum atomic E-state index is -0.480. The number of anilines is 1. The summed E-state index contributed by atoms with van der Waals surface area (Å²) < 4.78 is 1.47. The summed E-state index contributed by atoms with van der Waals surface area (Å²) in [6.45, 7) is 0.601. The fourth-order valence-corrected chi connectivity index (χ4v) is 3.45. The molecule has 5 heteroatoms. The molecule has 0 bridgehead atoms. The number of benzene rings is 1. The maximum atomic E-state index is 12.6. The minimum absolute atomic E-state index is 0.0629. The van der Waals surface area contributed by atoms with Crippen molar-refractivity contribution in [3.63, 3.8) is 0 Å². The molecular weight excluding hydrogens is 302 g/mol.